The van der Waals surface area contributed by atoms with Crippen molar-refractivity contribution in [3.8, 4) is 0 Å². The van der Waals surface area contributed by atoms with Gasteiger partial charge in [0.05, 0.1) is 5.60 Å². The Bertz CT molecular complexity index is 1040. The average molecular weight is 531 g/mol. The molecule has 0 bridgehead atoms. The largest absolute Gasteiger partial charge is 0.423 e. The fourth-order valence-electron chi connectivity index (χ4n) is 4.77. The van der Waals surface area contributed by atoms with Gasteiger partial charge in [0.2, 0.25) is 0 Å². The number of esters is 1. The molecule has 3 rings (SSSR count). The van der Waals surface area contributed by atoms with Crippen LogP contribution < -0.4 is 0 Å². The second kappa shape index (κ2) is 9.99. The monoisotopic (exact) mass is 530 g/mol. The highest BCUT2D eigenvalue weighted by Gasteiger charge is 2.55. The van der Waals surface area contributed by atoms with E-state index in [1.807, 2.05) is 26.8 Å². The van der Waals surface area contributed by atoms with Crippen molar-refractivity contribution < 1.29 is 22.8 Å². The number of allylic oxidation sites excluding steroid dienone is 1. The molecule has 0 aromatic heterocycles. The Morgan fingerprint density at radius 3 is 1.83 bits per heavy atom. The van der Waals surface area contributed by atoms with Gasteiger partial charge in [-0.25, -0.2) is 4.79 Å². The Morgan fingerprint density at radius 2 is 1.42 bits per heavy atom. The van der Waals surface area contributed by atoms with Crippen molar-refractivity contribution in [1.29, 1.82) is 0 Å². The van der Waals surface area contributed by atoms with Crippen molar-refractivity contribution in [1.82, 2.24) is 0 Å². The zero-order valence-electron chi connectivity index (χ0n) is 24.3. The van der Waals surface area contributed by atoms with Gasteiger partial charge in [-0.2, -0.15) is 0 Å². The number of carbonyl (C=O) groups is 1. The maximum Gasteiger partial charge on any atom is 0.344 e. The zero-order chi connectivity index (χ0) is 27.3. The van der Waals surface area contributed by atoms with Crippen LogP contribution in [0.3, 0.4) is 0 Å². The molecule has 0 fully saturated rings. The van der Waals surface area contributed by atoms with E-state index in [4.69, 9.17) is 18.0 Å². The predicted molar refractivity (Wildman–Crippen MR) is 150 cm³/mol. The van der Waals surface area contributed by atoms with Gasteiger partial charge in [-0.05, 0) is 72.8 Å². The summed E-state index contributed by atoms with van der Waals surface area (Å²) in [6.45, 7) is 26.1. The van der Waals surface area contributed by atoms with Crippen LogP contribution in [0.4, 0.5) is 0 Å². The highest BCUT2D eigenvalue weighted by molar-refractivity contribution is 6.74. The van der Waals surface area contributed by atoms with Crippen LogP contribution in [0, 0.1) is 0 Å². The standard InChI is InChI=1S/C29H46O5Si2/c1-19(2)36(20(3)4,34-29(9,10)18-24-21(5)17-25(30)31-24)33-27-23-16-14-13-15-22(23)26(27)32-35(11,12)28(6,7)8/h13-20,26-27H,1-12H3/b24-18-/t26-,27-/m1/s1. The molecular formula is C29H46O5Si2. The van der Waals surface area contributed by atoms with E-state index in [-0.39, 0.29) is 34.3 Å². The molecule has 200 valence electrons. The van der Waals surface area contributed by atoms with Crippen LogP contribution in [-0.4, -0.2) is 28.4 Å². The summed E-state index contributed by atoms with van der Waals surface area (Å²) in [4.78, 5) is 11.8. The Morgan fingerprint density at radius 1 is 0.917 bits per heavy atom. The Hall–Kier alpha value is -1.52. The van der Waals surface area contributed by atoms with Crippen molar-refractivity contribution >= 4 is 22.8 Å². The molecule has 2 atom stereocenters. The average Bonchev–Trinajstić information content (AvgIpc) is 3.03. The van der Waals surface area contributed by atoms with Gasteiger partial charge in [0, 0.05) is 6.08 Å². The summed E-state index contributed by atoms with van der Waals surface area (Å²) in [5.74, 6) is 0.229. The van der Waals surface area contributed by atoms with Gasteiger partial charge in [0.15, 0.2) is 8.32 Å². The molecule has 1 heterocycles. The van der Waals surface area contributed by atoms with Crippen LogP contribution in [0.5, 0.6) is 0 Å². The molecule has 36 heavy (non-hydrogen) atoms. The number of hydrogen-bond acceptors (Lipinski definition) is 5. The first-order chi connectivity index (χ1) is 16.4. The molecule has 0 saturated heterocycles. The van der Waals surface area contributed by atoms with Gasteiger partial charge in [-0.1, -0.05) is 72.7 Å². The number of ether oxygens (including phenoxy) is 1. The minimum atomic E-state index is -2.83. The minimum Gasteiger partial charge on any atom is -0.423 e. The molecule has 0 unspecified atom stereocenters. The summed E-state index contributed by atoms with van der Waals surface area (Å²) < 4.78 is 26.6. The van der Waals surface area contributed by atoms with E-state index in [2.05, 4.69) is 85.8 Å². The van der Waals surface area contributed by atoms with Gasteiger partial charge in [-0.15, -0.1) is 0 Å². The smallest absolute Gasteiger partial charge is 0.344 e. The summed E-state index contributed by atoms with van der Waals surface area (Å²) >= 11 is 0. The first-order valence-corrected chi connectivity index (χ1v) is 18.1. The maximum atomic E-state index is 11.8. The molecular weight excluding hydrogens is 484 g/mol. The lowest BCUT2D eigenvalue weighted by Gasteiger charge is -2.51. The SMILES string of the molecule is CC1=CC(=O)O/C1=C\C(C)(C)O[Si](O[C@@H]1c2ccccc2[C@H]1O[Si](C)(C)C(C)(C)C)(C(C)C)C(C)C. The van der Waals surface area contributed by atoms with Crippen LogP contribution in [0.2, 0.25) is 29.2 Å². The van der Waals surface area contributed by atoms with Crippen molar-refractivity contribution in [3.63, 3.8) is 0 Å². The lowest BCUT2D eigenvalue weighted by atomic mass is 9.83. The van der Waals surface area contributed by atoms with E-state index in [0.29, 0.717) is 5.76 Å². The molecule has 1 aliphatic carbocycles. The molecule has 1 aromatic rings. The fraction of sp³-hybridized carbons (Fsp3) is 0.621. The Labute approximate surface area is 220 Å². The molecule has 0 spiro atoms. The van der Waals surface area contributed by atoms with Gasteiger partial charge >= 0.3 is 14.5 Å². The maximum absolute atomic E-state index is 11.8. The molecule has 1 aliphatic heterocycles. The van der Waals surface area contributed by atoms with Crippen LogP contribution in [-0.2, 0) is 22.8 Å². The van der Waals surface area contributed by atoms with Crippen molar-refractivity contribution in [2.24, 2.45) is 0 Å². The molecule has 2 aliphatic rings. The first kappa shape index (κ1) is 29.0. The van der Waals surface area contributed by atoms with Crippen LogP contribution in [0.15, 0.2) is 47.7 Å². The van der Waals surface area contributed by atoms with E-state index in [0.717, 1.165) is 5.57 Å². The van der Waals surface area contributed by atoms with Gasteiger partial charge < -0.3 is 18.0 Å². The van der Waals surface area contributed by atoms with Crippen molar-refractivity contribution in [2.45, 2.75) is 116 Å². The first-order valence-electron chi connectivity index (χ1n) is 13.2. The number of hydrogen-bond donors (Lipinski definition) is 0. The fourth-order valence-corrected chi connectivity index (χ4v) is 9.93. The summed E-state index contributed by atoms with van der Waals surface area (Å²) in [5.41, 5.74) is 2.94. The molecule has 0 saturated carbocycles. The third-order valence-electron chi connectivity index (χ3n) is 7.87. The van der Waals surface area contributed by atoms with Gasteiger partial charge in [-0.3, -0.25) is 0 Å². The Balaban J connectivity index is 1.98. The lowest BCUT2D eigenvalue weighted by molar-refractivity contribution is -0.132. The summed E-state index contributed by atoms with van der Waals surface area (Å²) in [6.07, 6.45) is 3.17. The third kappa shape index (κ3) is 5.65. The van der Waals surface area contributed by atoms with Crippen LogP contribution in [0.1, 0.15) is 92.6 Å². The molecule has 0 N–H and O–H groups in total. The number of fused-ring (bicyclic) bond motifs is 1. The van der Waals surface area contributed by atoms with Crippen LogP contribution >= 0.6 is 0 Å². The van der Waals surface area contributed by atoms with E-state index >= 15 is 0 Å². The summed E-state index contributed by atoms with van der Waals surface area (Å²) in [7, 11) is -4.86. The van der Waals surface area contributed by atoms with E-state index in [9.17, 15) is 4.79 Å². The zero-order valence-corrected chi connectivity index (χ0v) is 26.3. The highest BCUT2D eigenvalue weighted by atomic mass is 28.4. The third-order valence-corrected chi connectivity index (χ3v) is 17.0. The van der Waals surface area contributed by atoms with Gasteiger partial charge in [0.25, 0.3) is 0 Å². The minimum absolute atomic E-state index is 0.0987. The number of cyclic esters (lactones) is 1. The van der Waals surface area contributed by atoms with Gasteiger partial charge in [0.1, 0.15) is 18.0 Å². The Kier molecular flexibility index (Phi) is 8.06. The second-order valence-electron chi connectivity index (χ2n) is 13.0. The molecule has 0 radical (unpaired) electrons. The second-order valence-corrected chi connectivity index (χ2v) is 21.9. The number of rotatable bonds is 9. The summed E-state index contributed by atoms with van der Waals surface area (Å²) in [6, 6.07) is 8.48. The van der Waals surface area contributed by atoms with E-state index < -0.39 is 22.5 Å². The van der Waals surface area contributed by atoms with E-state index in [1.54, 1.807) is 0 Å². The highest BCUT2D eigenvalue weighted by Crippen LogP contribution is 2.55. The molecule has 0 amide bonds. The predicted octanol–water partition coefficient (Wildman–Crippen LogP) is 8.27. The molecule has 7 heteroatoms. The topological polar surface area (TPSA) is 54.0 Å². The van der Waals surface area contributed by atoms with E-state index in [1.165, 1.54) is 17.2 Å². The van der Waals surface area contributed by atoms with Crippen LogP contribution in [0.25, 0.3) is 0 Å². The number of benzene rings is 1. The van der Waals surface area contributed by atoms with Crippen molar-refractivity contribution in [2.75, 3.05) is 0 Å². The molecule has 5 nitrogen and oxygen atoms in total. The number of carbonyl (C=O) groups excluding carboxylic acids is 1. The van der Waals surface area contributed by atoms with Crippen molar-refractivity contribution in [3.05, 3.63) is 58.9 Å². The quantitative estimate of drug-likeness (QED) is 0.237. The normalized spacial score (nSPS) is 22.1. The summed E-state index contributed by atoms with van der Waals surface area (Å²) in [5, 5.41) is 0.0987. The molecule has 1 aromatic carbocycles. The lowest BCUT2D eigenvalue weighted by Crippen LogP contribution is -2.55.